The number of carbonyl (C=O) groups is 1. The number of alkyl halides is 3. The van der Waals surface area contributed by atoms with E-state index in [2.05, 4.69) is 0 Å². The van der Waals surface area contributed by atoms with E-state index < -0.39 is 25.2 Å². The largest absolute Gasteiger partial charge is 0.482 e. The van der Waals surface area contributed by atoms with E-state index in [4.69, 9.17) is 22.1 Å². The molecule has 0 aromatic heterocycles. The van der Waals surface area contributed by atoms with Crippen molar-refractivity contribution in [3.05, 3.63) is 28.8 Å². The molecule has 0 aliphatic rings. The summed E-state index contributed by atoms with van der Waals surface area (Å²) in [4.78, 5) is 11.1. The number of ether oxygens (including phenoxy) is 1. The number of benzene rings is 1. The van der Waals surface area contributed by atoms with Crippen LogP contribution in [-0.4, -0.2) is 25.2 Å². The molecule has 0 fully saturated rings. The fraction of sp³-hybridized carbons (Fsp3) is 0.364. The van der Waals surface area contributed by atoms with Gasteiger partial charge in [0.1, 0.15) is 12.3 Å². The van der Waals surface area contributed by atoms with Crippen LogP contribution in [0.4, 0.5) is 13.2 Å². The predicted octanol–water partition coefficient (Wildman–Crippen LogP) is 1.86. The molecule has 0 aliphatic heterocycles. The van der Waals surface area contributed by atoms with E-state index in [-0.39, 0.29) is 10.8 Å². The molecule has 1 aromatic carbocycles. The van der Waals surface area contributed by atoms with Crippen molar-refractivity contribution in [2.24, 2.45) is 5.73 Å². The molecule has 3 N–H and O–H groups in total. The summed E-state index contributed by atoms with van der Waals surface area (Å²) in [6.45, 7) is -1.64. The number of halogens is 4. The van der Waals surface area contributed by atoms with E-state index in [1.807, 2.05) is 0 Å². The third kappa shape index (κ3) is 5.80. The number of rotatable bonds is 5. The Bertz CT molecular complexity index is 452. The van der Waals surface area contributed by atoms with Crippen LogP contribution in [0.2, 0.25) is 5.02 Å². The van der Waals surface area contributed by atoms with E-state index in [9.17, 15) is 18.0 Å². The highest BCUT2D eigenvalue weighted by molar-refractivity contribution is 6.32. The Hall–Kier alpha value is -1.47. The number of amides is 1. The summed E-state index contributed by atoms with van der Waals surface area (Å²) in [6.07, 6.45) is -4.45. The summed E-state index contributed by atoms with van der Waals surface area (Å²) in [6, 6.07) is 4.71. The number of nitrogens with one attached hydrogen (secondary N) is 1. The first-order chi connectivity index (χ1) is 8.81. The molecule has 0 atom stereocenters. The molecule has 0 unspecified atom stereocenters. The van der Waals surface area contributed by atoms with Crippen LogP contribution >= 0.6 is 11.6 Å². The van der Waals surface area contributed by atoms with E-state index in [0.717, 1.165) is 5.56 Å². The van der Waals surface area contributed by atoms with Crippen LogP contribution in [-0.2, 0) is 11.3 Å². The molecule has 0 saturated heterocycles. The van der Waals surface area contributed by atoms with Gasteiger partial charge >= 0.3 is 6.18 Å². The van der Waals surface area contributed by atoms with Gasteiger partial charge in [-0.3, -0.25) is 4.79 Å². The highest BCUT2D eigenvalue weighted by atomic mass is 35.5. The second kappa shape index (κ2) is 6.63. The van der Waals surface area contributed by atoms with E-state index in [1.165, 1.54) is 6.07 Å². The average Bonchev–Trinajstić information content (AvgIpc) is 2.34. The van der Waals surface area contributed by atoms with Crippen molar-refractivity contribution >= 4 is 17.5 Å². The maximum Gasteiger partial charge on any atom is 0.405 e. The van der Waals surface area contributed by atoms with Crippen molar-refractivity contribution in [2.75, 3.05) is 13.2 Å². The smallest absolute Gasteiger partial charge is 0.405 e. The lowest BCUT2D eigenvalue weighted by atomic mass is 10.2. The van der Waals surface area contributed by atoms with Crippen LogP contribution in [0.5, 0.6) is 5.75 Å². The first kappa shape index (κ1) is 15.6. The first-order valence-electron chi connectivity index (χ1n) is 5.26. The number of carbonyl (C=O) groups excluding carboxylic acids is 1. The van der Waals surface area contributed by atoms with Crippen molar-refractivity contribution in [3.8, 4) is 5.75 Å². The van der Waals surface area contributed by atoms with Crippen LogP contribution in [0, 0.1) is 0 Å². The third-order valence-corrected chi connectivity index (χ3v) is 2.37. The standard InChI is InChI=1S/C11H12ClF3N2O2/c12-8-3-7(4-16)1-2-9(8)19-5-10(18)17-6-11(13,14)15/h1-3H,4-6,16H2,(H,17,18). The summed E-state index contributed by atoms with van der Waals surface area (Å²) in [5, 5.41) is 1.93. The van der Waals surface area contributed by atoms with E-state index in [1.54, 1.807) is 17.4 Å². The Kier molecular flexibility index (Phi) is 5.44. The summed E-state index contributed by atoms with van der Waals surface area (Å²) < 4.78 is 40.5. The van der Waals surface area contributed by atoms with Crippen molar-refractivity contribution in [1.82, 2.24) is 5.32 Å². The lowest BCUT2D eigenvalue weighted by Crippen LogP contribution is -2.36. The molecule has 0 aliphatic carbocycles. The molecule has 19 heavy (non-hydrogen) atoms. The monoisotopic (exact) mass is 296 g/mol. The maximum absolute atomic E-state index is 11.8. The zero-order valence-corrected chi connectivity index (χ0v) is 10.5. The number of hydrogen-bond acceptors (Lipinski definition) is 3. The molecule has 0 spiro atoms. The van der Waals surface area contributed by atoms with Gasteiger partial charge in [0, 0.05) is 6.54 Å². The molecule has 8 heteroatoms. The maximum atomic E-state index is 11.8. The Labute approximate surface area is 112 Å². The number of hydrogen-bond donors (Lipinski definition) is 2. The zero-order chi connectivity index (χ0) is 14.5. The molecular weight excluding hydrogens is 285 g/mol. The minimum atomic E-state index is -4.45. The quantitative estimate of drug-likeness (QED) is 0.871. The lowest BCUT2D eigenvalue weighted by molar-refractivity contribution is -0.139. The van der Waals surface area contributed by atoms with Crippen LogP contribution < -0.4 is 15.8 Å². The van der Waals surface area contributed by atoms with Gasteiger partial charge in [-0.25, -0.2) is 0 Å². The normalized spacial score (nSPS) is 11.2. The Morgan fingerprint density at radius 1 is 1.42 bits per heavy atom. The van der Waals surface area contributed by atoms with Gasteiger partial charge in [-0.2, -0.15) is 13.2 Å². The molecule has 106 valence electrons. The molecule has 0 saturated carbocycles. The van der Waals surface area contributed by atoms with Crippen molar-refractivity contribution in [1.29, 1.82) is 0 Å². The van der Waals surface area contributed by atoms with Gasteiger partial charge < -0.3 is 15.8 Å². The molecular formula is C11H12ClF3N2O2. The van der Waals surface area contributed by atoms with E-state index in [0.29, 0.717) is 6.54 Å². The van der Waals surface area contributed by atoms with Crippen LogP contribution in [0.25, 0.3) is 0 Å². The van der Waals surface area contributed by atoms with Crippen molar-refractivity contribution < 1.29 is 22.7 Å². The first-order valence-corrected chi connectivity index (χ1v) is 5.64. The molecule has 4 nitrogen and oxygen atoms in total. The zero-order valence-electron chi connectivity index (χ0n) is 9.76. The molecule has 1 aromatic rings. The Balaban J connectivity index is 2.46. The predicted molar refractivity (Wildman–Crippen MR) is 63.9 cm³/mol. The fourth-order valence-electron chi connectivity index (χ4n) is 1.18. The van der Waals surface area contributed by atoms with Crippen LogP contribution in [0.15, 0.2) is 18.2 Å². The second-order valence-electron chi connectivity index (χ2n) is 3.65. The topological polar surface area (TPSA) is 64.3 Å². The minimum Gasteiger partial charge on any atom is -0.482 e. The van der Waals surface area contributed by atoms with E-state index >= 15 is 0 Å². The third-order valence-electron chi connectivity index (χ3n) is 2.08. The minimum absolute atomic E-state index is 0.209. The number of nitrogens with two attached hydrogens (primary N) is 1. The molecule has 1 rings (SSSR count). The summed E-state index contributed by atoms with van der Waals surface area (Å²) in [7, 11) is 0. The van der Waals surface area contributed by atoms with Gasteiger partial charge in [0.25, 0.3) is 5.91 Å². The Morgan fingerprint density at radius 3 is 2.63 bits per heavy atom. The molecule has 0 heterocycles. The van der Waals surface area contributed by atoms with Crippen molar-refractivity contribution in [3.63, 3.8) is 0 Å². The molecule has 0 radical (unpaired) electrons. The Morgan fingerprint density at radius 2 is 2.11 bits per heavy atom. The summed E-state index contributed by atoms with van der Waals surface area (Å²) in [5.41, 5.74) is 6.18. The van der Waals surface area contributed by atoms with Gasteiger partial charge in [0.2, 0.25) is 0 Å². The van der Waals surface area contributed by atoms with Gasteiger partial charge in [-0.1, -0.05) is 17.7 Å². The van der Waals surface area contributed by atoms with Crippen LogP contribution in [0.1, 0.15) is 5.56 Å². The summed E-state index contributed by atoms with van der Waals surface area (Å²) >= 11 is 5.85. The average molecular weight is 297 g/mol. The molecule has 1 amide bonds. The fourth-order valence-corrected chi connectivity index (χ4v) is 1.44. The van der Waals surface area contributed by atoms with Gasteiger partial charge in [-0.05, 0) is 17.7 Å². The van der Waals surface area contributed by atoms with Crippen LogP contribution in [0.3, 0.4) is 0 Å². The highest BCUT2D eigenvalue weighted by Crippen LogP contribution is 2.25. The SMILES string of the molecule is NCc1ccc(OCC(=O)NCC(F)(F)F)c(Cl)c1. The van der Waals surface area contributed by atoms with Gasteiger partial charge in [0.15, 0.2) is 6.61 Å². The summed E-state index contributed by atoms with van der Waals surface area (Å²) in [5.74, 6) is -0.669. The lowest BCUT2D eigenvalue weighted by Gasteiger charge is -2.10. The second-order valence-corrected chi connectivity index (χ2v) is 4.06. The highest BCUT2D eigenvalue weighted by Gasteiger charge is 2.27. The van der Waals surface area contributed by atoms with Crippen molar-refractivity contribution in [2.45, 2.75) is 12.7 Å². The van der Waals surface area contributed by atoms with Gasteiger partial charge in [0.05, 0.1) is 5.02 Å². The van der Waals surface area contributed by atoms with Gasteiger partial charge in [-0.15, -0.1) is 0 Å². The molecule has 0 bridgehead atoms.